The van der Waals surface area contributed by atoms with E-state index in [0.717, 1.165) is 10.3 Å². The molecule has 1 amide bonds. The van der Waals surface area contributed by atoms with Gasteiger partial charge in [-0.3, -0.25) is 14.5 Å². The van der Waals surface area contributed by atoms with Crippen LogP contribution in [0.2, 0.25) is 0 Å². The fourth-order valence-corrected chi connectivity index (χ4v) is 5.88. The number of aryl methyl sites for hydroxylation is 1. The van der Waals surface area contributed by atoms with Crippen LogP contribution in [0, 0.1) is 6.92 Å². The molecule has 10 heteroatoms. The number of carbonyl (C=O) groups is 2. The summed E-state index contributed by atoms with van der Waals surface area (Å²) in [6, 6.07) is 14.2. The second-order valence-corrected chi connectivity index (χ2v) is 10.2. The van der Waals surface area contributed by atoms with Crippen molar-refractivity contribution in [3.63, 3.8) is 0 Å². The summed E-state index contributed by atoms with van der Waals surface area (Å²) in [6.45, 7) is 4.81. The van der Waals surface area contributed by atoms with Gasteiger partial charge in [0.1, 0.15) is 19.0 Å². The van der Waals surface area contributed by atoms with Crippen molar-refractivity contribution in [2.24, 2.45) is 0 Å². The van der Waals surface area contributed by atoms with Crippen LogP contribution in [-0.2, 0) is 9.59 Å². The van der Waals surface area contributed by atoms with Gasteiger partial charge in [-0.05, 0) is 67.4 Å². The van der Waals surface area contributed by atoms with Crippen molar-refractivity contribution in [2.45, 2.75) is 19.9 Å². The monoisotopic (exact) mass is 544 g/mol. The number of aliphatic hydroxyl groups is 1. The number of Topliss-reactive ketones (excluding diaryl/α,β-unsaturated/α-hetero) is 1. The van der Waals surface area contributed by atoms with Crippen molar-refractivity contribution in [1.82, 2.24) is 4.98 Å². The van der Waals surface area contributed by atoms with Crippen LogP contribution in [0.3, 0.4) is 0 Å². The quantitative estimate of drug-likeness (QED) is 0.202. The fraction of sp³-hybridized carbons (Fsp3) is 0.207. The first-order valence-electron chi connectivity index (χ1n) is 12.4. The van der Waals surface area contributed by atoms with Crippen molar-refractivity contribution in [3.05, 3.63) is 76.9 Å². The maximum absolute atomic E-state index is 13.6. The molecule has 1 saturated heterocycles. The number of thiazole rings is 1. The van der Waals surface area contributed by atoms with Gasteiger partial charge in [-0.25, -0.2) is 4.98 Å². The Hall–Kier alpha value is -4.57. The number of hydrogen-bond acceptors (Lipinski definition) is 9. The molecule has 39 heavy (non-hydrogen) atoms. The third kappa shape index (κ3) is 4.22. The van der Waals surface area contributed by atoms with E-state index in [-0.39, 0.29) is 22.8 Å². The number of aromatic hydroxyl groups is 1. The van der Waals surface area contributed by atoms with Crippen LogP contribution in [-0.4, -0.2) is 46.7 Å². The lowest BCUT2D eigenvalue weighted by Gasteiger charge is -2.24. The summed E-state index contributed by atoms with van der Waals surface area (Å²) < 4.78 is 17.7. The van der Waals surface area contributed by atoms with Gasteiger partial charge >= 0.3 is 5.91 Å². The van der Waals surface area contributed by atoms with Gasteiger partial charge in [0.05, 0.1) is 28.4 Å². The number of ether oxygens (including phenoxy) is 3. The van der Waals surface area contributed by atoms with E-state index in [0.29, 0.717) is 53.1 Å². The third-order valence-electron chi connectivity index (χ3n) is 6.60. The van der Waals surface area contributed by atoms with E-state index >= 15 is 0 Å². The summed E-state index contributed by atoms with van der Waals surface area (Å²) in [5, 5.41) is 22.1. The number of aromatic nitrogens is 1. The van der Waals surface area contributed by atoms with Gasteiger partial charge in [-0.1, -0.05) is 23.5 Å². The summed E-state index contributed by atoms with van der Waals surface area (Å²) in [7, 11) is 0. The van der Waals surface area contributed by atoms with Crippen LogP contribution in [0.5, 0.6) is 23.0 Å². The second-order valence-electron chi connectivity index (χ2n) is 9.16. The van der Waals surface area contributed by atoms with Crippen LogP contribution >= 0.6 is 11.3 Å². The molecule has 0 bridgehead atoms. The van der Waals surface area contributed by atoms with E-state index < -0.39 is 17.7 Å². The lowest BCUT2D eigenvalue weighted by atomic mass is 9.95. The molecule has 6 rings (SSSR count). The van der Waals surface area contributed by atoms with Crippen molar-refractivity contribution in [3.8, 4) is 23.0 Å². The molecule has 0 saturated carbocycles. The van der Waals surface area contributed by atoms with Gasteiger partial charge in [0.25, 0.3) is 5.78 Å². The van der Waals surface area contributed by atoms with E-state index in [1.807, 2.05) is 25.1 Å². The molecule has 3 heterocycles. The van der Waals surface area contributed by atoms with Crippen LogP contribution in [0.15, 0.2) is 60.2 Å². The lowest BCUT2D eigenvalue weighted by molar-refractivity contribution is -0.132. The van der Waals surface area contributed by atoms with Crippen LogP contribution in [0.4, 0.5) is 5.13 Å². The number of rotatable bonds is 5. The zero-order chi connectivity index (χ0) is 27.3. The number of carbonyl (C=O) groups excluding carboxylic acids is 2. The molecule has 9 nitrogen and oxygen atoms in total. The van der Waals surface area contributed by atoms with Crippen molar-refractivity contribution in [2.75, 3.05) is 24.7 Å². The molecule has 0 radical (unpaired) electrons. The topological polar surface area (TPSA) is 118 Å². The summed E-state index contributed by atoms with van der Waals surface area (Å²) >= 11 is 1.28. The second kappa shape index (κ2) is 9.63. The Kier molecular flexibility index (Phi) is 6.11. The SMILES string of the molecule is CCOc1cc(C2C(=C(O)c3ccc4c(c3)OCCO4)C(=O)C(=O)N2c2nc3ccc(C)cc3s2)ccc1O. The third-order valence-corrected chi connectivity index (χ3v) is 7.62. The average molecular weight is 545 g/mol. The Balaban J connectivity index is 1.55. The first-order chi connectivity index (χ1) is 18.9. The van der Waals surface area contributed by atoms with Gasteiger partial charge in [-0.2, -0.15) is 0 Å². The molecule has 0 aliphatic carbocycles. The van der Waals surface area contributed by atoms with Crippen LogP contribution in [0.1, 0.15) is 29.7 Å². The smallest absolute Gasteiger partial charge is 0.301 e. The molecule has 2 aliphatic rings. The minimum absolute atomic E-state index is 0.0835. The van der Waals surface area contributed by atoms with Crippen molar-refractivity contribution in [1.29, 1.82) is 0 Å². The minimum Gasteiger partial charge on any atom is -0.507 e. The molecule has 4 aromatic rings. The molecule has 1 unspecified atom stereocenters. The van der Waals surface area contributed by atoms with E-state index in [1.165, 1.54) is 22.3 Å². The number of amides is 1. The van der Waals surface area contributed by atoms with E-state index in [1.54, 1.807) is 37.3 Å². The Morgan fingerprint density at radius 3 is 2.67 bits per heavy atom. The molecule has 1 fully saturated rings. The van der Waals surface area contributed by atoms with Crippen LogP contribution < -0.4 is 19.1 Å². The maximum atomic E-state index is 13.6. The molecule has 198 valence electrons. The zero-order valence-electron chi connectivity index (χ0n) is 21.1. The number of aliphatic hydroxyl groups excluding tert-OH is 1. The fourth-order valence-electron chi connectivity index (χ4n) is 4.79. The first kappa shape index (κ1) is 24.7. The number of hydrogen-bond donors (Lipinski definition) is 2. The zero-order valence-corrected chi connectivity index (χ0v) is 21.9. The predicted octanol–water partition coefficient (Wildman–Crippen LogP) is 5.11. The molecular weight excluding hydrogens is 520 g/mol. The van der Waals surface area contributed by atoms with E-state index in [2.05, 4.69) is 4.98 Å². The molecule has 3 aromatic carbocycles. The number of nitrogens with zero attached hydrogens (tertiary/aromatic N) is 2. The standard InChI is InChI=1S/C29H24N2O7S/c1-3-36-21-13-16(5-8-19(21)32)25-24(26(33)17-6-9-20-22(14-17)38-11-10-37-20)27(34)28(35)31(25)29-30-18-7-4-15(2)12-23(18)39-29/h4-9,12-14,25,32-33H,3,10-11H2,1-2H3. The van der Waals surface area contributed by atoms with Gasteiger partial charge in [-0.15, -0.1) is 0 Å². The Morgan fingerprint density at radius 1 is 1.08 bits per heavy atom. The highest BCUT2D eigenvalue weighted by molar-refractivity contribution is 7.22. The Labute approximate surface area is 227 Å². The van der Waals surface area contributed by atoms with Crippen molar-refractivity contribution >= 4 is 44.1 Å². The number of phenols is 1. The van der Waals surface area contributed by atoms with E-state index in [4.69, 9.17) is 14.2 Å². The molecular formula is C29H24N2O7S. The maximum Gasteiger partial charge on any atom is 0.301 e. The average Bonchev–Trinajstić information content (AvgIpc) is 3.46. The predicted molar refractivity (Wildman–Crippen MR) is 146 cm³/mol. The summed E-state index contributed by atoms with van der Waals surface area (Å²) in [6.07, 6.45) is 0. The molecule has 1 aromatic heterocycles. The molecule has 0 spiro atoms. The largest absolute Gasteiger partial charge is 0.507 e. The highest BCUT2D eigenvalue weighted by Crippen LogP contribution is 2.46. The number of benzene rings is 3. The van der Waals surface area contributed by atoms with Crippen LogP contribution in [0.25, 0.3) is 16.0 Å². The summed E-state index contributed by atoms with van der Waals surface area (Å²) in [5.41, 5.74) is 2.37. The summed E-state index contributed by atoms with van der Waals surface area (Å²) in [5.74, 6) is -0.962. The van der Waals surface area contributed by atoms with Crippen molar-refractivity contribution < 1.29 is 34.0 Å². The highest BCUT2D eigenvalue weighted by Gasteiger charge is 2.48. The van der Waals surface area contributed by atoms with Gasteiger partial charge in [0, 0.05) is 5.56 Å². The highest BCUT2D eigenvalue weighted by atomic mass is 32.1. The number of fused-ring (bicyclic) bond motifs is 2. The minimum atomic E-state index is -1.03. The lowest BCUT2D eigenvalue weighted by Crippen LogP contribution is -2.29. The first-order valence-corrected chi connectivity index (χ1v) is 13.2. The number of anilines is 1. The Morgan fingerprint density at radius 2 is 1.87 bits per heavy atom. The van der Waals surface area contributed by atoms with Gasteiger partial charge in [0.2, 0.25) is 0 Å². The number of ketones is 1. The van der Waals surface area contributed by atoms with Gasteiger partial charge in [0.15, 0.2) is 28.1 Å². The molecule has 2 aliphatic heterocycles. The van der Waals surface area contributed by atoms with Gasteiger partial charge < -0.3 is 24.4 Å². The molecule has 1 atom stereocenters. The normalized spacial score (nSPS) is 18.1. The number of phenolic OH excluding ortho intramolecular Hbond substituents is 1. The summed E-state index contributed by atoms with van der Waals surface area (Å²) in [4.78, 5) is 33.1. The molecule has 2 N–H and O–H groups in total. The Bertz CT molecular complexity index is 1680. The van der Waals surface area contributed by atoms with E-state index in [9.17, 15) is 19.8 Å².